The molecule has 1 atom stereocenters. The number of rotatable bonds is 5. The molecular weight excluding hydrogens is 432 g/mol. The van der Waals surface area contributed by atoms with Crippen LogP contribution in [0.1, 0.15) is 34.6 Å². The zero-order valence-electron chi connectivity index (χ0n) is 15.0. The zero-order valence-corrected chi connectivity index (χ0v) is 16.5. The van der Waals surface area contributed by atoms with Crippen molar-refractivity contribution in [1.82, 2.24) is 9.88 Å². The second kappa shape index (κ2) is 7.47. The van der Waals surface area contributed by atoms with Gasteiger partial charge in [0.2, 0.25) is 0 Å². The second-order valence-corrected chi connectivity index (χ2v) is 6.95. The minimum atomic E-state index is -1.16. The standard InChI is InChI=1S/C18H15BrN4O5/c1-3-21(14-8-7-11(19)9-20-14)16(24)10(2)22-17(25)12-5-4-6-13(23(27)28)15(12)18(22)26/h4-10H,3H2,1-2H3. The van der Waals surface area contributed by atoms with Crippen molar-refractivity contribution < 1.29 is 19.3 Å². The lowest BCUT2D eigenvalue weighted by Crippen LogP contribution is -2.49. The van der Waals surface area contributed by atoms with Crippen molar-refractivity contribution in [2.45, 2.75) is 19.9 Å². The van der Waals surface area contributed by atoms with E-state index in [2.05, 4.69) is 20.9 Å². The molecule has 0 saturated carbocycles. The molecule has 1 unspecified atom stereocenters. The van der Waals surface area contributed by atoms with Crippen LogP contribution in [0.2, 0.25) is 0 Å². The number of nitrogens with zero attached hydrogens (tertiary/aromatic N) is 4. The summed E-state index contributed by atoms with van der Waals surface area (Å²) in [4.78, 5) is 55.3. The Bertz CT molecular complexity index is 992. The topological polar surface area (TPSA) is 114 Å². The number of fused-ring (bicyclic) bond motifs is 1. The van der Waals surface area contributed by atoms with E-state index in [1.54, 1.807) is 19.1 Å². The molecule has 1 aliphatic heterocycles. The van der Waals surface area contributed by atoms with Gasteiger partial charge in [-0.15, -0.1) is 0 Å². The summed E-state index contributed by atoms with van der Waals surface area (Å²) in [5.41, 5.74) is -0.828. The van der Waals surface area contributed by atoms with Gasteiger partial charge in [-0.1, -0.05) is 6.07 Å². The normalized spacial score (nSPS) is 14.0. The van der Waals surface area contributed by atoms with Gasteiger partial charge in [-0.05, 0) is 48.0 Å². The van der Waals surface area contributed by atoms with Crippen LogP contribution >= 0.6 is 15.9 Å². The lowest BCUT2D eigenvalue weighted by Gasteiger charge is -2.28. The van der Waals surface area contributed by atoms with E-state index >= 15 is 0 Å². The summed E-state index contributed by atoms with van der Waals surface area (Å²) in [7, 11) is 0. The van der Waals surface area contributed by atoms with Crippen molar-refractivity contribution in [2.24, 2.45) is 0 Å². The van der Waals surface area contributed by atoms with Crippen LogP contribution in [0, 0.1) is 10.1 Å². The monoisotopic (exact) mass is 446 g/mol. The van der Waals surface area contributed by atoms with Gasteiger partial charge >= 0.3 is 0 Å². The number of carbonyl (C=O) groups is 3. The molecule has 3 amide bonds. The molecule has 144 valence electrons. The van der Waals surface area contributed by atoms with Crippen molar-refractivity contribution >= 4 is 45.2 Å². The lowest BCUT2D eigenvalue weighted by molar-refractivity contribution is -0.385. The third kappa shape index (κ3) is 3.15. The molecule has 0 saturated heterocycles. The molecule has 10 heteroatoms. The molecule has 0 N–H and O–H groups in total. The number of carbonyl (C=O) groups excluding carboxylic acids is 3. The number of aromatic nitrogens is 1. The number of likely N-dealkylation sites (N-methyl/N-ethyl adjacent to an activating group) is 1. The molecule has 3 rings (SSSR count). The maximum Gasteiger partial charge on any atom is 0.282 e. The predicted octanol–water partition coefficient (Wildman–Crippen LogP) is 2.79. The van der Waals surface area contributed by atoms with Crippen LogP contribution in [0.5, 0.6) is 0 Å². The van der Waals surface area contributed by atoms with E-state index in [9.17, 15) is 24.5 Å². The van der Waals surface area contributed by atoms with Crippen LogP contribution < -0.4 is 4.90 Å². The molecule has 0 spiro atoms. The van der Waals surface area contributed by atoms with E-state index in [4.69, 9.17) is 0 Å². The Balaban J connectivity index is 1.95. The summed E-state index contributed by atoms with van der Waals surface area (Å²) in [6.45, 7) is 3.42. The van der Waals surface area contributed by atoms with E-state index in [1.165, 1.54) is 30.2 Å². The first kappa shape index (κ1) is 19.6. The average Bonchev–Trinajstić information content (AvgIpc) is 2.93. The van der Waals surface area contributed by atoms with E-state index in [0.29, 0.717) is 5.82 Å². The number of anilines is 1. The first-order valence-electron chi connectivity index (χ1n) is 8.36. The van der Waals surface area contributed by atoms with Crippen LogP contribution in [0.3, 0.4) is 0 Å². The molecule has 28 heavy (non-hydrogen) atoms. The average molecular weight is 447 g/mol. The Labute approximate surface area is 168 Å². The number of imide groups is 1. The van der Waals surface area contributed by atoms with E-state index in [-0.39, 0.29) is 17.7 Å². The molecule has 9 nitrogen and oxygen atoms in total. The molecule has 0 fully saturated rings. The summed E-state index contributed by atoms with van der Waals surface area (Å²) >= 11 is 3.27. The number of benzene rings is 1. The quantitative estimate of drug-likeness (QED) is 0.396. The van der Waals surface area contributed by atoms with Crippen LogP contribution in [0.15, 0.2) is 41.0 Å². The van der Waals surface area contributed by atoms with Gasteiger partial charge in [0.1, 0.15) is 17.4 Å². The summed E-state index contributed by atoms with van der Waals surface area (Å²) in [5, 5.41) is 11.2. The fourth-order valence-electron chi connectivity index (χ4n) is 3.08. The maximum atomic E-state index is 13.0. The van der Waals surface area contributed by atoms with Crippen molar-refractivity contribution in [3.05, 3.63) is 62.2 Å². The highest BCUT2D eigenvalue weighted by molar-refractivity contribution is 9.10. The number of nitro benzene ring substituents is 1. The summed E-state index contributed by atoms with van der Waals surface area (Å²) in [6.07, 6.45) is 1.53. The van der Waals surface area contributed by atoms with Crippen LogP contribution in [0.25, 0.3) is 0 Å². The largest absolute Gasteiger partial charge is 0.295 e. The SMILES string of the molecule is CCN(C(=O)C(C)N1C(=O)c2cccc([N+](=O)[O-])c2C1=O)c1ccc(Br)cn1. The van der Waals surface area contributed by atoms with Crippen molar-refractivity contribution in [2.75, 3.05) is 11.4 Å². The molecule has 0 radical (unpaired) electrons. The van der Waals surface area contributed by atoms with Gasteiger partial charge in [0.15, 0.2) is 0 Å². The van der Waals surface area contributed by atoms with Gasteiger partial charge in [0, 0.05) is 23.3 Å². The van der Waals surface area contributed by atoms with Crippen molar-refractivity contribution in [3.8, 4) is 0 Å². The number of hydrogen-bond acceptors (Lipinski definition) is 6. The van der Waals surface area contributed by atoms with Crippen LogP contribution in [0.4, 0.5) is 11.5 Å². The molecule has 1 aromatic carbocycles. The van der Waals surface area contributed by atoms with Gasteiger partial charge in [0.25, 0.3) is 23.4 Å². The lowest BCUT2D eigenvalue weighted by atomic mass is 10.1. The van der Waals surface area contributed by atoms with Crippen molar-refractivity contribution in [1.29, 1.82) is 0 Å². The number of pyridine rings is 1. The van der Waals surface area contributed by atoms with E-state index < -0.39 is 34.4 Å². The molecule has 1 aliphatic rings. The Morgan fingerprint density at radius 1 is 1.29 bits per heavy atom. The minimum absolute atomic E-state index is 0.0799. The van der Waals surface area contributed by atoms with E-state index in [0.717, 1.165) is 15.4 Å². The fraction of sp³-hybridized carbons (Fsp3) is 0.222. The third-order valence-corrected chi connectivity index (χ3v) is 4.91. The molecule has 0 aliphatic carbocycles. The van der Waals surface area contributed by atoms with Gasteiger partial charge in [-0.2, -0.15) is 0 Å². The Kier molecular flexibility index (Phi) is 5.23. The molecule has 2 heterocycles. The van der Waals surface area contributed by atoms with Crippen LogP contribution in [-0.4, -0.2) is 45.1 Å². The zero-order chi connectivity index (χ0) is 20.6. The molecular formula is C18H15BrN4O5. The fourth-order valence-corrected chi connectivity index (χ4v) is 3.32. The third-order valence-electron chi connectivity index (χ3n) is 4.44. The Morgan fingerprint density at radius 2 is 2.00 bits per heavy atom. The Morgan fingerprint density at radius 3 is 2.57 bits per heavy atom. The number of halogens is 1. The van der Waals surface area contributed by atoms with Gasteiger partial charge in [-0.25, -0.2) is 4.98 Å². The highest BCUT2D eigenvalue weighted by Gasteiger charge is 2.45. The number of nitro groups is 1. The second-order valence-electron chi connectivity index (χ2n) is 6.03. The van der Waals surface area contributed by atoms with E-state index in [1.807, 2.05) is 0 Å². The summed E-state index contributed by atoms with van der Waals surface area (Å²) < 4.78 is 0.737. The summed E-state index contributed by atoms with van der Waals surface area (Å²) in [6, 6.07) is 6.03. The minimum Gasteiger partial charge on any atom is -0.295 e. The maximum absolute atomic E-state index is 13.0. The van der Waals surface area contributed by atoms with Gasteiger partial charge in [-0.3, -0.25) is 34.3 Å². The highest BCUT2D eigenvalue weighted by Crippen LogP contribution is 2.32. The first-order chi connectivity index (χ1) is 13.3. The number of hydrogen-bond donors (Lipinski definition) is 0. The molecule has 1 aromatic heterocycles. The molecule has 2 aromatic rings. The van der Waals surface area contributed by atoms with Gasteiger partial charge < -0.3 is 0 Å². The molecule has 0 bridgehead atoms. The predicted molar refractivity (Wildman–Crippen MR) is 103 cm³/mol. The van der Waals surface area contributed by atoms with Crippen molar-refractivity contribution in [3.63, 3.8) is 0 Å². The Hall–Kier alpha value is -3.14. The van der Waals surface area contributed by atoms with Gasteiger partial charge in [0.05, 0.1) is 10.5 Å². The van der Waals surface area contributed by atoms with Crippen LogP contribution in [-0.2, 0) is 4.79 Å². The first-order valence-corrected chi connectivity index (χ1v) is 9.15. The smallest absolute Gasteiger partial charge is 0.282 e. The highest BCUT2D eigenvalue weighted by atomic mass is 79.9. The number of amides is 3. The summed E-state index contributed by atoms with van der Waals surface area (Å²) in [5.74, 6) is -1.74.